The monoisotopic (exact) mass is 491 g/mol. The second kappa shape index (κ2) is 9.41. The van der Waals surface area contributed by atoms with E-state index in [-0.39, 0.29) is 6.17 Å². The Morgan fingerprint density at radius 3 is 2.22 bits per heavy atom. The summed E-state index contributed by atoms with van der Waals surface area (Å²) in [6, 6.07) is 30.1. The molecule has 0 amide bonds. The molecular formula is C23H17N5S4. The van der Waals surface area contributed by atoms with Crippen LogP contribution >= 0.6 is 48.0 Å². The number of nitrogens with zero attached hydrogens (tertiary/aromatic N) is 4. The molecule has 0 fully saturated rings. The Morgan fingerprint density at radius 2 is 1.53 bits per heavy atom. The number of para-hydroxylation sites is 2. The van der Waals surface area contributed by atoms with Gasteiger partial charge in [0.05, 0.1) is 0 Å². The summed E-state index contributed by atoms with van der Waals surface area (Å²) in [6.45, 7) is 0. The Bertz CT molecular complexity index is 1200. The predicted molar refractivity (Wildman–Crippen MR) is 145 cm³/mol. The van der Waals surface area contributed by atoms with Crippen molar-refractivity contribution >= 4 is 78.3 Å². The molecule has 5 rings (SSSR count). The lowest BCUT2D eigenvalue weighted by atomic mass is 10.1. The third-order valence-electron chi connectivity index (χ3n) is 4.74. The number of amidine groups is 1. The minimum absolute atomic E-state index is 0.265. The van der Waals surface area contributed by atoms with Gasteiger partial charge in [0.2, 0.25) is 5.11 Å². The second-order valence-corrected chi connectivity index (χ2v) is 10.1. The lowest BCUT2D eigenvalue weighted by Gasteiger charge is -2.37. The highest BCUT2D eigenvalue weighted by atomic mass is 32.2. The van der Waals surface area contributed by atoms with Gasteiger partial charge in [-0.1, -0.05) is 78.9 Å². The largest absolute Gasteiger partial charge is 0.341 e. The van der Waals surface area contributed by atoms with E-state index in [0.29, 0.717) is 9.43 Å². The first kappa shape index (κ1) is 21.1. The van der Waals surface area contributed by atoms with Crippen LogP contribution in [0.4, 0.5) is 11.4 Å². The van der Waals surface area contributed by atoms with Crippen LogP contribution in [0.5, 0.6) is 0 Å². The molecule has 1 atom stereocenters. The van der Waals surface area contributed by atoms with Gasteiger partial charge in [-0.3, -0.25) is 4.90 Å². The van der Waals surface area contributed by atoms with E-state index in [4.69, 9.17) is 34.5 Å². The first-order valence-corrected chi connectivity index (χ1v) is 12.3. The molecule has 0 aliphatic carbocycles. The molecule has 3 aromatic rings. The SMILES string of the molecule is S=C(Nc1ccccc1)SC1=NN2C(=S)N(c3ccccc3)C(c3ccccc3)N=C2S1. The molecule has 5 nitrogen and oxygen atoms in total. The van der Waals surface area contributed by atoms with Crippen molar-refractivity contribution in [1.82, 2.24) is 5.01 Å². The van der Waals surface area contributed by atoms with Crippen molar-refractivity contribution in [1.29, 1.82) is 0 Å². The van der Waals surface area contributed by atoms with Gasteiger partial charge in [-0.15, -0.1) is 5.10 Å². The minimum atomic E-state index is -0.265. The fourth-order valence-electron chi connectivity index (χ4n) is 3.32. The van der Waals surface area contributed by atoms with Crippen molar-refractivity contribution in [2.45, 2.75) is 6.17 Å². The lowest BCUT2D eigenvalue weighted by Crippen LogP contribution is -2.47. The first-order chi connectivity index (χ1) is 15.7. The fourth-order valence-corrected chi connectivity index (χ4v) is 5.95. The Kier molecular flexibility index (Phi) is 6.22. The summed E-state index contributed by atoms with van der Waals surface area (Å²) in [5.74, 6) is 0. The molecule has 9 heteroatoms. The van der Waals surface area contributed by atoms with Gasteiger partial charge < -0.3 is 5.32 Å². The molecule has 0 bridgehead atoms. The molecule has 2 aliphatic heterocycles. The van der Waals surface area contributed by atoms with Crippen LogP contribution in [0.15, 0.2) is 101 Å². The van der Waals surface area contributed by atoms with Gasteiger partial charge in [0.25, 0.3) is 0 Å². The van der Waals surface area contributed by atoms with Crippen LogP contribution in [0.1, 0.15) is 11.7 Å². The Morgan fingerprint density at radius 1 is 0.906 bits per heavy atom. The van der Waals surface area contributed by atoms with Crippen molar-refractivity contribution in [2.24, 2.45) is 10.1 Å². The maximum absolute atomic E-state index is 5.89. The van der Waals surface area contributed by atoms with Gasteiger partial charge in [-0.2, -0.15) is 5.01 Å². The first-order valence-electron chi connectivity index (χ1n) is 9.80. The molecule has 0 saturated heterocycles. The van der Waals surface area contributed by atoms with Gasteiger partial charge >= 0.3 is 0 Å². The molecule has 0 aromatic heterocycles. The third-order valence-corrected chi connectivity index (χ3v) is 7.22. The number of hydrogen-bond acceptors (Lipinski definition) is 6. The van der Waals surface area contributed by atoms with Crippen LogP contribution in [0, 0.1) is 0 Å². The van der Waals surface area contributed by atoms with E-state index in [1.807, 2.05) is 83.8 Å². The second-order valence-electron chi connectivity index (χ2n) is 6.84. The molecule has 2 aliphatic rings. The molecule has 158 valence electrons. The van der Waals surface area contributed by atoms with E-state index in [0.717, 1.165) is 26.5 Å². The van der Waals surface area contributed by atoms with Gasteiger partial charge in [0, 0.05) is 11.4 Å². The van der Waals surface area contributed by atoms with Gasteiger partial charge in [-0.05, 0) is 65.6 Å². The number of aliphatic imine (C=N–C) groups is 1. The van der Waals surface area contributed by atoms with Crippen LogP contribution in [0.3, 0.4) is 0 Å². The third kappa shape index (κ3) is 4.42. The average Bonchev–Trinajstić information content (AvgIpc) is 3.23. The quantitative estimate of drug-likeness (QED) is 0.432. The van der Waals surface area contributed by atoms with Crippen molar-refractivity contribution in [3.8, 4) is 0 Å². The van der Waals surface area contributed by atoms with Gasteiger partial charge in [-0.25, -0.2) is 4.99 Å². The van der Waals surface area contributed by atoms with Crippen molar-refractivity contribution in [2.75, 3.05) is 10.2 Å². The minimum Gasteiger partial charge on any atom is -0.341 e. The van der Waals surface area contributed by atoms with E-state index in [2.05, 4.69) is 17.4 Å². The molecule has 1 N–H and O–H groups in total. The number of fused-ring (bicyclic) bond motifs is 1. The molecule has 32 heavy (non-hydrogen) atoms. The highest BCUT2D eigenvalue weighted by molar-refractivity contribution is 8.52. The van der Waals surface area contributed by atoms with E-state index in [9.17, 15) is 0 Å². The number of thioether (sulfide) groups is 2. The normalized spacial score (nSPS) is 17.5. The van der Waals surface area contributed by atoms with Gasteiger partial charge in [0.1, 0.15) is 4.32 Å². The molecule has 1 unspecified atom stereocenters. The van der Waals surface area contributed by atoms with E-state index < -0.39 is 0 Å². The number of nitrogens with one attached hydrogen (secondary N) is 1. The lowest BCUT2D eigenvalue weighted by molar-refractivity contribution is 0.599. The molecular weight excluding hydrogens is 475 g/mol. The van der Waals surface area contributed by atoms with E-state index in [1.165, 1.54) is 23.5 Å². The summed E-state index contributed by atoms with van der Waals surface area (Å²) < 4.78 is 1.40. The van der Waals surface area contributed by atoms with E-state index in [1.54, 1.807) is 5.01 Å². The average molecular weight is 492 g/mol. The summed E-state index contributed by atoms with van der Waals surface area (Å²) in [4.78, 5) is 7.05. The number of hydrogen-bond donors (Lipinski definition) is 1. The Labute approximate surface area is 205 Å². The molecule has 0 spiro atoms. The maximum atomic E-state index is 5.89. The summed E-state index contributed by atoms with van der Waals surface area (Å²) >= 11 is 14.3. The fraction of sp³-hybridized carbons (Fsp3) is 0.0435. The number of benzene rings is 3. The molecule has 0 saturated carbocycles. The Hall–Kier alpha value is -2.72. The summed E-state index contributed by atoms with van der Waals surface area (Å²) in [5, 5.41) is 11.0. The number of anilines is 2. The molecule has 0 radical (unpaired) electrons. The summed E-state index contributed by atoms with van der Waals surface area (Å²) in [7, 11) is 0. The van der Waals surface area contributed by atoms with Crippen molar-refractivity contribution in [3.05, 3.63) is 96.6 Å². The van der Waals surface area contributed by atoms with Crippen molar-refractivity contribution < 1.29 is 0 Å². The van der Waals surface area contributed by atoms with E-state index >= 15 is 0 Å². The number of rotatable bonds is 3. The van der Waals surface area contributed by atoms with Gasteiger partial charge in [0.15, 0.2) is 15.7 Å². The van der Waals surface area contributed by atoms with Crippen LogP contribution in [0.25, 0.3) is 0 Å². The topological polar surface area (TPSA) is 43.2 Å². The predicted octanol–water partition coefficient (Wildman–Crippen LogP) is 6.30. The zero-order chi connectivity index (χ0) is 21.9. The van der Waals surface area contributed by atoms with Crippen LogP contribution in [-0.2, 0) is 0 Å². The molecule has 3 aromatic carbocycles. The number of thiocarbonyl (C=S) groups is 2. The standard InChI is InChI=1S/C23H17N5S4/c29-21(24-17-12-6-2-7-13-17)32-22-26-28-20(31-22)25-19(16-10-4-1-5-11-16)27(23(28)30)18-14-8-3-9-15-18/h1-15,19H,(H,24,29). The van der Waals surface area contributed by atoms with Crippen molar-refractivity contribution in [3.63, 3.8) is 0 Å². The highest BCUT2D eigenvalue weighted by Gasteiger charge is 2.39. The smallest absolute Gasteiger partial charge is 0.205 e. The van der Waals surface area contributed by atoms with Crippen LogP contribution < -0.4 is 10.2 Å². The summed E-state index contributed by atoms with van der Waals surface area (Å²) in [5.41, 5.74) is 2.98. The Balaban J connectivity index is 1.42. The molecule has 2 heterocycles. The summed E-state index contributed by atoms with van der Waals surface area (Å²) in [6.07, 6.45) is -0.265. The zero-order valence-corrected chi connectivity index (χ0v) is 19.9. The van der Waals surface area contributed by atoms with Crippen LogP contribution in [-0.4, -0.2) is 24.0 Å². The zero-order valence-electron chi connectivity index (χ0n) is 16.7. The number of hydrazone groups is 1. The highest BCUT2D eigenvalue weighted by Crippen LogP contribution is 2.39. The maximum Gasteiger partial charge on any atom is 0.205 e. The van der Waals surface area contributed by atoms with Crippen LogP contribution in [0.2, 0.25) is 0 Å².